The zero-order valence-corrected chi connectivity index (χ0v) is 9.71. The monoisotopic (exact) mass is 205 g/mol. The Morgan fingerprint density at radius 1 is 1.27 bits per heavy atom. The second-order valence-electron chi connectivity index (χ2n) is 4.95. The Labute approximate surface area is 91.6 Å². The number of methoxy groups -OCH3 is 1. The number of benzene rings is 1. The summed E-state index contributed by atoms with van der Waals surface area (Å²) in [6.07, 6.45) is 0. The van der Waals surface area contributed by atoms with Gasteiger partial charge >= 0.3 is 0 Å². The first kappa shape index (κ1) is 10.5. The second-order valence-corrected chi connectivity index (χ2v) is 4.95. The van der Waals surface area contributed by atoms with Crippen LogP contribution in [0.2, 0.25) is 0 Å². The lowest BCUT2D eigenvalue weighted by molar-refractivity contribution is 0.362. The molecule has 1 atom stereocenters. The second kappa shape index (κ2) is 3.86. The molecule has 15 heavy (non-hydrogen) atoms. The Balaban J connectivity index is 2.22. The van der Waals surface area contributed by atoms with Crippen LogP contribution in [-0.2, 0) is 0 Å². The summed E-state index contributed by atoms with van der Waals surface area (Å²) in [7, 11) is 1.70. The molecule has 1 aromatic rings. The lowest BCUT2D eigenvalue weighted by Gasteiger charge is -2.26. The van der Waals surface area contributed by atoms with Crippen molar-refractivity contribution in [1.82, 2.24) is 5.32 Å². The van der Waals surface area contributed by atoms with Crippen LogP contribution in [0.25, 0.3) is 0 Å². The molecule has 0 amide bonds. The summed E-state index contributed by atoms with van der Waals surface area (Å²) in [4.78, 5) is 0. The molecule has 1 aliphatic heterocycles. The number of nitrogens with one attached hydrogen (secondary N) is 1. The molecule has 0 saturated carbocycles. The van der Waals surface area contributed by atoms with Gasteiger partial charge in [-0.2, -0.15) is 0 Å². The minimum atomic E-state index is 0.356. The SMILES string of the molecule is COc1ccc([C@@H]2CNCC2(C)C)cc1. The predicted molar refractivity (Wildman–Crippen MR) is 62.4 cm³/mol. The molecule has 0 bridgehead atoms. The lowest BCUT2D eigenvalue weighted by atomic mass is 9.78. The molecule has 0 aliphatic carbocycles. The van der Waals surface area contributed by atoms with Gasteiger partial charge in [-0.05, 0) is 23.1 Å². The van der Waals surface area contributed by atoms with Gasteiger partial charge in [0.2, 0.25) is 0 Å². The molecule has 2 heteroatoms. The molecule has 0 aromatic heterocycles. The lowest BCUT2D eigenvalue weighted by Crippen LogP contribution is -2.20. The van der Waals surface area contributed by atoms with Gasteiger partial charge in [0.1, 0.15) is 5.75 Å². The summed E-state index contributed by atoms with van der Waals surface area (Å²) in [6, 6.07) is 8.45. The average Bonchev–Trinajstić information content (AvgIpc) is 2.58. The Morgan fingerprint density at radius 3 is 2.40 bits per heavy atom. The number of hydrogen-bond acceptors (Lipinski definition) is 2. The summed E-state index contributed by atoms with van der Waals surface area (Å²) in [5, 5.41) is 3.46. The van der Waals surface area contributed by atoms with E-state index in [4.69, 9.17) is 4.74 Å². The maximum atomic E-state index is 5.17. The maximum Gasteiger partial charge on any atom is 0.118 e. The zero-order valence-electron chi connectivity index (χ0n) is 9.71. The standard InChI is InChI=1S/C13H19NO/c1-13(2)9-14-8-12(13)10-4-6-11(15-3)7-5-10/h4-7,12,14H,8-9H2,1-3H3/t12-/m0/s1. The molecule has 82 valence electrons. The summed E-state index contributed by atoms with van der Waals surface area (Å²) >= 11 is 0. The van der Waals surface area contributed by atoms with E-state index in [9.17, 15) is 0 Å². The zero-order chi connectivity index (χ0) is 10.9. The third-order valence-corrected chi connectivity index (χ3v) is 3.39. The highest BCUT2D eigenvalue weighted by atomic mass is 16.5. The third kappa shape index (κ3) is 2.00. The van der Waals surface area contributed by atoms with Gasteiger partial charge in [-0.15, -0.1) is 0 Å². The Kier molecular flexibility index (Phi) is 2.70. The summed E-state index contributed by atoms with van der Waals surface area (Å²) in [5.41, 5.74) is 1.76. The molecule has 0 unspecified atom stereocenters. The van der Waals surface area contributed by atoms with Gasteiger partial charge in [-0.1, -0.05) is 26.0 Å². The van der Waals surface area contributed by atoms with E-state index in [0.717, 1.165) is 18.8 Å². The van der Waals surface area contributed by atoms with Crippen LogP contribution in [0, 0.1) is 5.41 Å². The van der Waals surface area contributed by atoms with Gasteiger partial charge < -0.3 is 10.1 Å². The third-order valence-electron chi connectivity index (χ3n) is 3.39. The van der Waals surface area contributed by atoms with Gasteiger partial charge in [-0.25, -0.2) is 0 Å². The molecule has 0 radical (unpaired) electrons. The molecule has 1 aromatic carbocycles. The van der Waals surface area contributed by atoms with Crippen LogP contribution in [0.1, 0.15) is 25.3 Å². The van der Waals surface area contributed by atoms with E-state index in [0.29, 0.717) is 11.3 Å². The van der Waals surface area contributed by atoms with E-state index in [-0.39, 0.29) is 0 Å². The Morgan fingerprint density at radius 2 is 1.93 bits per heavy atom. The first-order chi connectivity index (χ1) is 7.13. The summed E-state index contributed by atoms with van der Waals surface area (Å²) in [6.45, 7) is 6.83. The van der Waals surface area contributed by atoms with Gasteiger partial charge in [0.05, 0.1) is 7.11 Å². The van der Waals surface area contributed by atoms with Crippen molar-refractivity contribution in [3.63, 3.8) is 0 Å². The van der Waals surface area contributed by atoms with E-state index < -0.39 is 0 Å². The highest BCUT2D eigenvalue weighted by Gasteiger charge is 2.35. The number of hydrogen-bond donors (Lipinski definition) is 1. The van der Waals surface area contributed by atoms with Gasteiger partial charge in [0, 0.05) is 19.0 Å². The van der Waals surface area contributed by atoms with Gasteiger partial charge in [0.25, 0.3) is 0 Å². The van der Waals surface area contributed by atoms with Gasteiger partial charge in [-0.3, -0.25) is 0 Å². The smallest absolute Gasteiger partial charge is 0.118 e. The normalized spacial score (nSPS) is 24.1. The Bertz CT molecular complexity index is 329. The fraction of sp³-hybridized carbons (Fsp3) is 0.538. The minimum Gasteiger partial charge on any atom is -0.497 e. The summed E-state index contributed by atoms with van der Waals surface area (Å²) in [5.74, 6) is 1.55. The molecule has 2 nitrogen and oxygen atoms in total. The minimum absolute atomic E-state index is 0.356. The van der Waals surface area contributed by atoms with Crippen molar-refractivity contribution in [2.75, 3.05) is 20.2 Å². The molecule has 1 aliphatic rings. The van der Waals surface area contributed by atoms with Crippen LogP contribution in [-0.4, -0.2) is 20.2 Å². The van der Waals surface area contributed by atoms with Crippen molar-refractivity contribution < 1.29 is 4.74 Å². The van der Waals surface area contributed by atoms with Gasteiger partial charge in [0.15, 0.2) is 0 Å². The van der Waals surface area contributed by atoms with Crippen LogP contribution in [0.3, 0.4) is 0 Å². The van der Waals surface area contributed by atoms with E-state index in [1.807, 2.05) is 12.1 Å². The highest BCUT2D eigenvalue weighted by molar-refractivity contribution is 5.31. The molecule has 1 N–H and O–H groups in total. The molecule has 0 spiro atoms. The highest BCUT2D eigenvalue weighted by Crippen LogP contribution is 2.38. The first-order valence-corrected chi connectivity index (χ1v) is 5.48. The molecule has 2 rings (SSSR count). The van der Waals surface area contributed by atoms with Crippen LogP contribution in [0.4, 0.5) is 0 Å². The topological polar surface area (TPSA) is 21.3 Å². The first-order valence-electron chi connectivity index (χ1n) is 5.48. The van der Waals surface area contributed by atoms with Crippen molar-refractivity contribution in [1.29, 1.82) is 0 Å². The van der Waals surface area contributed by atoms with Crippen molar-refractivity contribution in [2.24, 2.45) is 5.41 Å². The summed E-state index contributed by atoms with van der Waals surface area (Å²) < 4.78 is 5.17. The van der Waals surface area contributed by atoms with Crippen LogP contribution >= 0.6 is 0 Å². The van der Waals surface area contributed by atoms with E-state index in [1.54, 1.807) is 7.11 Å². The van der Waals surface area contributed by atoms with Crippen molar-refractivity contribution in [2.45, 2.75) is 19.8 Å². The van der Waals surface area contributed by atoms with E-state index >= 15 is 0 Å². The largest absolute Gasteiger partial charge is 0.497 e. The van der Waals surface area contributed by atoms with Crippen LogP contribution in [0.5, 0.6) is 5.75 Å². The quantitative estimate of drug-likeness (QED) is 0.800. The van der Waals surface area contributed by atoms with E-state index in [2.05, 4.69) is 31.3 Å². The van der Waals surface area contributed by atoms with Crippen molar-refractivity contribution in [3.8, 4) is 5.75 Å². The number of rotatable bonds is 2. The maximum absolute atomic E-state index is 5.17. The molecule has 1 heterocycles. The number of ether oxygens (including phenoxy) is 1. The molecular formula is C13H19NO. The fourth-order valence-electron chi connectivity index (χ4n) is 2.34. The van der Waals surface area contributed by atoms with Crippen molar-refractivity contribution >= 4 is 0 Å². The molecular weight excluding hydrogens is 186 g/mol. The predicted octanol–water partition coefficient (Wildman–Crippen LogP) is 2.41. The van der Waals surface area contributed by atoms with Crippen LogP contribution in [0.15, 0.2) is 24.3 Å². The Hall–Kier alpha value is -1.02. The average molecular weight is 205 g/mol. The van der Waals surface area contributed by atoms with E-state index in [1.165, 1.54) is 5.56 Å². The van der Waals surface area contributed by atoms with Crippen LogP contribution < -0.4 is 10.1 Å². The fourth-order valence-corrected chi connectivity index (χ4v) is 2.34. The molecule has 1 saturated heterocycles. The molecule has 1 fully saturated rings. The van der Waals surface area contributed by atoms with Crippen molar-refractivity contribution in [3.05, 3.63) is 29.8 Å².